The van der Waals surface area contributed by atoms with E-state index in [1.165, 1.54) is 12.8 Å². The number of carbonyl (C=O) groups is 2. The average molecular weight is 256 g/mol. The standard InChI is InChI=1S/C13H24N2O3/c1-3-4-5-6-8-14-13(18)15-9-7-11(10(15)2)12(16)17/h10-11H,3-9H2,1-2H3,(H,14,18)(H,16,17). The molecule has 1 heterocycles. The van der Waals surface area contributed by atoms with Crippen molar-refractivity contribution in [3.05, 3.63) is 0 Å². The average Bonchev–Trinajstić information content (AvgIpc) is 2.70. The summed E-state index contributed by atoms with van der Waals surface area (Å²) in [6.45, 7) is 5.18. The predicted octanol–water partition coefficient (Wildman–Crippen LogP) is 2.07. The molecule has 0 aromatic heterocycles. The SMILES string of the molecule is CCCCCCNC(=O)N1CCC(C(=O)O)C1C. The van der Waals surface area contributed by atoms with Crippen LogP contribution in [0.25, 0.3) is 0 Å². The molecule has 5 nitrogen and oxygen atoms in total. The van der Waals surface area contributed by atoms with Crippen molar-refractivity contribution in [2.45, 2.75) is 52.0 Å². The Balaban J connectivity index is 2.28. The van der Waals surface area contributed by atoms with Crippen LogP contribution in [0, 0.1) is 5.92 Å². The maximum absolute atomic E-state index is 11.9. The smallest absolute Gasteiger partial charge is 0.317 e. The summed E-state index contributed by atoms with van der Waals surface area (Å²) < 4.78 is 0. The largest absolute Gasteiger partial charge is 0.481 e. The van der Waals surface area contributed by atoms with Crippen LogP contribution >= 0.6 is 0 Å². The number of hydrogen-bond acceptors (Lipinski definition) is 2. The molecule has 0 spiro atoms. The van der Waals surface area contributed by atoms with Gasteiger partial charge in [-0.05, 0) is 19.8 Å². The number of hydrogen-bond donors (Lipinski definition) is 2. The first-order chi connectivity index (χ1) is 8.57. The molecule has 2 unspecified atom stereocenters. The van der Waals surface area contributed by atoms with Crippen molar-refractivity contribution in [1.82, 2.24) is 10.2 Å². The zero-order chi connectivity index (χ0) is 13.5. The van der Waals surface area contributed by atoms with Gasteiger partial charge < -0.3 is 15.3 Å². The Morgan fingerprint density at radius 3 is 2.61 bits per heavy atom. The molecule has 0 radical (unpaired) electrons. The minimum atomic E-state index is -0.805. The molecule has 2 amide bonds. The summed E-state index contributed by atoms with van der Waals surface area (Å²) >= 11 is 0. The van der Waals surface area contributed by atoms with E-state index in [0.29, 0.717) is 19.5 Å². The summed E-state index contributed by atoms with van der Waals surface area (Å²) in [6, 6.07) is -0.333. The molecule has 0 aromatic rings. The first-order valence-corrected chi connectivity index (χ1v) is 6.85. The number of carboxylic acid groups (broad SMARTS) is 1. The normalized spacial score (nSPS) is 23.1. The van der Waals surface area contributed by atoms with Crippen molar-refractivity contribution in [3.63, 3.8) is 0 Å². The molecule has 0 aromatic carbocycles. The summed E-state index contributed by atoms with van der Waals surface area (Å²) in [6.07, 6.45) is 5.04. The zero-order valence-corrected chi connectivity index (χ0v) is 11.3. The number of rotatable bonds is 6. The molecule has 0 bridgehead atoms. The van der Waals surface area contributed by atoms with Crippen molar-refractivity contribution >= 4 is 12.0 Å². The third kappa shape index (κ3) is 3.89. The van der Waals surface area contributed by atoms with Gasteiger partial charge in [0.25, 0.3) is 0 Å². The van der Waals surface area contributed by atoms with Crippen LogP contribution in [0.5, 0.6) is 0 Å². The summed E-state index contributed by atoms with van der Waals surface area (Å²) in [5, 5.41) is 11.9. The molecular formula is C13H24N2O3. The van der Waals surface area contributed by atoms with E-state index >= 15 is 0 Å². The molecule has 1 fully saturated rings. The van der Waals surface area contributed by atoms with Crippen molar-refractivity contribution in [1.29, 1.82) is 0 Å². The Morgan fingerprint density at radius 1 is 1.33 bits per heavy atom. The van der Waals surface area contributed by atoms with E-state index in [1.54, 1.807) is 4.90 Å². The molecule has 1 aliphatic rings. The van der Waals surface area contributed by atoms with Crippen LogP contribution in [0.2, 0.25) is 0 Å². The van der Waals surface area contributed by atoms with Gasteiger partial charge >= 0.3 is 12.0 Å². The van der Waals surface area contributed by atoms with Crippen LogP contribution in [0.15, 0.2) is 0 Å². The van der Waals surface area contributed by atoms with Gasteiger partial charge in [0.05, 0.1) is 5.92 Å². The Hall–Kier alpha value is -1.26. The molecule has 2 N–H and O–H groups in total. The lowest BCUT2D eigenvalue weighted by Gasteiger charge is -2.23. The lowest BCUT2D eigenvalue weighted by Crippen LogP contribution is -2.44. The fraction of sp³-hybridized carbons (Fsp3) is 0.846. The lowest BCUT2D eigenvalue weighted by atomic mass is 10.0. The van der Waals surface area contributed by atoms with Gasteiger partial charge in [-0.3, -0.25) is 4.79 Å². The molecule has 18 heavy (non-hydrogen) atoms. The zero-order valence-electron chi connectivity index (χ0n) is 11.3. The molecule has 1 rings (SSSR count). The Labute approximate surface area is 109 Å². The maximum atomic E-state index is 11.9. The monoisotopic (exact) mass is 256 g/mol. The number of carbonyl (C=O) groups excluding carboxylic acids is 1. The molecule has 1 saturated heterocycles. The van der Waals surface area contributed by atoms with Crippen molar-refractivity contribution in [3.8, 4) is 0 Å². The fourth-order valence-electron chi connectivity index (χ4n) is 2.41. The van der Waals surface area contributed by atoms with Crippen molar-refractivity contribution < 1.29 is 14.7 Å². The molecule has 5 heteroatoms. The Bertz CT molecular complexity index is 294. The maximum Gasteiger partial charge on any atom is 0.317 e. The van der Waals surface area contributed by atoms with Crippen LogP contribution in [-0.4, -0.2) is 41.1 Å². The number of nitrogens with one attached hydrogen (secondary N) is 1. The Morgan fingerprint density at radius 2 is 2.06 bits per heavy atom. The van der Waals surface area contributed by atoms with Crippen LogP contribution < -0.4 is 5.32 Å². The number of likely N-dealkylation sites (tertiary alicyclic amines) is 1. The quantitative estimate of drug-likeness (QED) is 0.715. The van der Waals surface area contributed by atoms with Gasteiger partial charge in [0.2, 0.25) is 0 Å². The van der Waals surface area contributed by atoms with Crippen LogP contribution in [0.3, 0.4) is 0 Å². The van der Waals surface area contributed by atoms with Gasteiger partial charge in [-0.15, -0.1) is 0 Å². The topological polar surface area (TPSA) is 69.6 Å². The van der Waals surface area contributed by atoms with Crippen molar-refractivity contribution in [2.24, 2.45) is 5.92 Å². The van der Waals surface area contributed by atoms with Gasteiger partial charge in [0.1, 0.15) is 0 Å². The fourth-order valence-corrected chi connectivity index (χ4v) is 2.41. The second-order valence-corrected chi connectivity index (χ2v) is 4.96. The molecule has 0 saturated carbocycles. The van der Waals surface area contributed by atoms with E-state index in [1.807, 2.05) is 6.92 Å². The van der Waals surface area contributed by atoms with Crippen molar-refractivity contribution in [2.75, 3.05) is 13.1 Å². The first-order valence-electron chi connectivity index (χ1n) is 6.85. The highest BCUT2D eigenvalue weighted by Crippen LogP contribution is 2.24. The highest BCUT2D eigenvalue weighted by molar-refractivity contribution is 5.78. The third-order valence-corrected chi connectivity index (χ3v) is 3.64. The van der Waals surface area contributed by atoms with Crippen LogP contribution in [0.4, 0.5) is 4.79 Å². The summed E-state index contributed by atoms with van der Waals surface area (Å²) in [4.78, 5) is 24.5. The first kappa shape index (κ1) is 14.8. The number of amides is 2. The highest BCUT2D eigenvalue weighted by atomic mass is 16.4. The molecular weight excluding hydrogens is 232 g/mol. The second-order valence-electron chi connectivity index (χ2n) is 4.96. The Kier molecular flexibility index (Phi) is 5.95. The molecule has 104 valence electrons. The number of aliphatic carboxylic acids is 1. The predicted molar refractivity (Wildman–Crippen MR) is 69.5 cm³/mol. The van der Waals surface area contributed by atoms with Crippen LogP contribution in [0.1, 0.15) is 46.0 Å². The minimum Gasteiger partial charge on any atom is -0.481 e. The third-order valence-electron chi connectivity index (χ3n) is 3.64. The summed E-state index contributed by atoms with van der Waals surface area (Å²) in [7, 11) is 0. The van der Waals surface area contributed by atoms with E-state index in [4.69, 9.17) is 5.11 Å². The number of urea groups is 1. The summed E-state index contributed by atoms with van der Waals surface area (Å²) in [5.74, 6) is -1.23. The molecule has 1 aliphatic heterocycles. The van der Waals surface area contributed by atoms with Gasteiger partial charge in [0.15, 0.2) is 0 Å². The summed E-state index contributed by atoms with van der Waals surface area (Å²) in [5.41, 5.74) is 0. The second kappa shape index (κ2) is 7.24. The number of unbranched alkanes of at least 4 members (excludes halogenated alkanes) is 3. The van der Waals surface area contributed by atoms with E-state index in [2.05, 4.69) is 12.2 Å². The van der Waals surface area contributed by atoms with E-state index in [0.717, 1.165) is 12.8 Å². The number of carboxylic acids is 1. The van der Waals surface area contributed by atoms with E-state index in [-0.39, 0.29) is 12.1 Å². The lowest BCUT2D eigenvalue weighted by molar-refractivity contribution is -0.142. The molecule has 0 aliphatic carbocycles. The van der Waals surface area contributed by atoms with Gasteiger partial charge in [0, 0.05) is 19.1 Å². The van der Waals surface area contributed by atoms with Gasteiger partial charge in [-0.1, -0.05) is 26.2 Å². The van der Waals surface area contributed by atoms with Gasteiger partial charge in [-0.25, -0.2) is 4.79 Å². The molecule has 2 atom stereocenters. The van der Waals surface area contributed by atoms with Crippen LogP contribution in [-0.2, 0) is 4.79 Å². The number of nitrogens with zero attached hydrogens (tertiary/aromatic N) is 1. The minimum absolute atomic E-state index is 0.122. The van der Waals surface area contributed by atoms with E-state index in [9.17, 15) is 9.59 Å². The highest BCUT2D eigenvalue weighted by Gasteiger charge is 2.37. The van der Waals surface area contributed by atoms with E-state index < -0.39 is 11.9 Å². The van der Waals surface area contributed by atoms with Gasteiger partial charge in [-0.2, -0.15) is 0 Å².